The number of halogens is 1. The van der Waals surface area contributed by atoms with E-state index >= 15 is 0 Å². The molecule has 4 aromatic rings. The molecule has 5 nitrogen and oxygen atoms in total. The van der Waals surface area contributed by atoms with Crippen molar-refractivity contribution in [3.63, 3.8) is 0 Å². The van der Waals surface area contributed by atoms with Crippen LogP contribution in [0.4, 0.5) is 16.5 Å². The van der Waals surface area contributed by atoms with E-state index in [1.165, 1.54) is 11.3 Å². The first kappa shape index (κ1) is 18.3. The molecule has 0 unspecified atom stereocenters. The molecule has 0 aliphatic rings. The van der Waals surface area contributed by atoms with Gasteiger partial charge in [0.15, 0.2) is 0 Å². The quantitative estimate of drug-likeness (QED) is 0.356. The third-order valence-electron chi connectivity index (χ3n) is 3.89. The lowest BCUT2D eigenvalue weighted by atomic mass is 10.2. The first-order valence-electron chi connectivity index (χ1n) is 8.45. The van der Waals surface area contributed by atoms with E-state index in [9.17, 15) is 5.11 Å². The molecular weight excluding hydrogens is 436 g/mol. The van der Waals surface area contributed by atoms with Gasteiger partial charge in [-0.1, -0.05) is 27.3 Å². The van der Waals surface area contributed by atoms with Gasteiger partial charge >= 0.3 is 0 Å². The zero-order valence-corrected chi connectivity index (χ0v) is 17.0. The molecule has 0 aliphatic heterocycles. The lowest BCUT2D eigenvalue weighted by Gasteiger charge is -2.01. The van der Waals surface area contributed by atoms with Crippen molar-refractivity contribution in [3.8, 4) is 16.3 Å². The Morgan fingerprint density at radius 1 is 0.893 bits per heavy atom. The highest BCUT2D eigenvalue weighted by atomic mass is 79.9. The number of benzene rings is 3. The summed E-state index contributed by atoms with van der Waals surface area (Å²) in [5, 5.41) is 22.6. The van der Waals surface area contributed by atoms with E-state index in [1.807, 2.05) is 60.7 Å². The maximum atomic E-state index is 9.32. The summed E-state index contributed by atoms with van der Waals surface area (Å²) in [5.74, 6) is 0.243. The number of aliphatic imine (C=N–C) groups is 1. The van der Waals surface area contributed by atoms with Crippen molar-refractivity contribution in [2.45, 2.75) is 0 Å². The fraction of sp³-hybridized carbons (Fsp3) is 0. The molecule has 4 rings (SSSR count). The van der Waals surface area contributed by atoms with Crippen molar-refractivity contribution in [3.05, 3.63) is 82.8 Å². The third-order valence-corrected chi connectivity index (χ3v) is 5.31. The molecule has 1 heterocycles. The fourth-order valence-electron chi connectivity index (χ4n) is 2.45. The normalized spacial score (nSPS) is 11.0. The van der Waals surface area contributed by atoms with Gasteiger partial charge in [-0.3, -0.25) is 4.99 Å². The van der Waals surface area contributed by atoms with Crippen LogP contribution in [0.25, 0.3) is 10.6 Å². The Hall–Kier alpha value is -3.03. The number of hydrogen-bond donors (Lipinski definition) is 2. The van der Waals surface area contributed by atoms with Gasteiger partial charge in [0.25, 0.3) is 0 Å². The van der Waals surface area contributed by atoms with E-state index in [2.05, 4.69) is 36.4 Å². The first-order valence-corrected chi connectivity index (χ1v) is 10.1. The summed E-state index contributed by atoms with van der Waals surface area (Å²) in [6, 6.07) is 22.6. The molecule has 28 heavy (non-hydrogen) atoms. The van der Waals surface area contributed by atoms with Crippen LogP contribution < -0.4 is 5.32 Å². The second kappa shape index (κ2) is 8.33. The van der Waals surface area contributed by atoms with Gasteiger partial charge in [-0.15, -0.1) is 10.2 Å². The summed E-state index contributed by atoms with van der Waals surface area (Å²) in [6.45, 7) is 0. The van der Waals surface area contributed by atoms with Crippen LogP contribution in [0, 0.1) is 0 Å². The van der Waals surface area contributed by atoms with E-state index in [0.29, 0.717) is 0 Å². The average molecular weight is 451 g/mol. The summed E-state index contributed by atoms with van der Waals surface area (Å²) < 4.78 is 1.03. The van der Waals surface area contributed by atoms with Crippen molar-refractivity contribution in [2.75, 3.05) is 5.32 Å². The molecule has 7 heteroatoms. The highest BCUT2D eigenvalue weighted by Crippen LogP contribution is 2.29. The van der Waals surface area contributed by atoms with E-state index < -0.39 is 0 Å². The second-order valence-corrected chi connectivity index (χ2v) is 7.83. The van der Waals surface area contributed by atoms with Crippen molar-refractivity contribution in [1.82, 2.24) is 10.2 Å². The number of phenols is 1. The van der Waals surface area contributed by atoms with Gasteiger partial charge in [-0.05, 0) is 78.4 Å². The predicted octanol–water partition coefficient (Wildman–Crippen LogP) is 6.17. The summed E-state index contributed by atoms with van der Waals surface area (Å²) in [7, 11) is 0. The number of anilines is 2. The van der Waals surface area contributed by atoms with Crippen LogP contribution in [0.3, 0.4) is 0 Å². The number of phenolic OH excluding ortho intramolecular Hbond substituents is 1. The van der Waals surface area contributed by atoms with Gasteiger partial charge in [0.1, 0.15) is 10.8 Å². The molecule has 0 aliphatic carbocycles. The zero-order chi connectivity index (χ0) is 19.3. The van der Waals surface area contributed by atoms with Crippen LogP contribution in [-0.2, 0) is 0 Å². The molecule has 0 radical (unpaired) electrons. The van der Waals surface area contributed by atoms with Gasteiger partial charge < -0.3 is 10.4 Å². The van der Waals surface area contributed by atoms with Crippen molar-refractivity contribution in [1.29, 1.82) is 0 Å². The minimum absolute atomic E-state index is 0.243. The van der Waals surface area contributed by atoms with Crippen LogP contribution in [0.5, 0.6) is 5.75 Å². The van der Waals surface area contributed by atoms with Crippen LogP contribution in [-0.4, -0.2) is 21.5 Å². The van der Waals surface area contributed by atoms with Crippen LogP contribution in [0.1, 0.15) is 5.56 Å². The monoisotopic (exact) mass is 450 g/mol. The summed E-state index contributed by atoms with van der Waals surface area (Å²) >= 11 is 4.92. The molecule has 0 amide bonds. The lowest BCUT2D eigenvalue weighted by Crippen LogP contribution is -1.88. The molecule has 0 atom stereocenters. The molecule has 3 aromatic carbocycles. The van der Waals surface area contributed by atoms with Gasteiger partial charge in [0.05, 0.1) is 5.69 Å². The molecule has 2 N–H and O–H groups in total. The van der Waals surface area contributed by atoms with Gasteiger partial charge in [0.2, 0.25) is 5.13 Å². The minimum Gasteiger partial charge on any atom is -0.508 e. The Morgan fingerprint density at radius 3 is 2.32 bits per heavy atom. The van der Waals surface area contributed by atoms with Crippen molar-refractivity contribution >= 4 is 50.0 Å². The topological polar surface area (TPSA) is 70.4 Å². The highest BCUT2D eigenvalue weighted by molar-refractivity contribution is 9.10. The van der Waals surface area contributed by atoms with E-state index in [4.69, 9.17) is 0 Å². The molecule has 0 spiro atoms. The number of nitrogens with one attached hydrogen (secondary N) is 1. The standard InChI is InChI=1S/C21H15BrN4OS/c22-16-5-9-18(10-6-16)24-21-26-25-20(28-21)15-3-7-17(8-4-15)23-13-14-1-11-19(27)12-2-14/h1-13,27H,(H,24,26). The van der Waals surface area contributed by atoms with E-state index in [-0.39, 0.29) is 5.75 Å². The molecule has 138 valence electrons. The van der Waals surface area contributed by atoms with E-state index in [1.54, 1.807) is 18.3 Å². The molecule has 0 saturated carbocycles. The van der Waals surface area contributed by atoms with E-state index in [0.717, 1.165) is 37.1 Å². The Balaban J connectivity index is 1.44. The highest BCUT2D eigenvalue weighted by Gasteiger charge is 2.07. The minimum atomic E-state index is 0.243. The SMILES string of the molecule is Oc1ccc(C=Nc2ccc(-c3nnc(Nc4ccc(Br)cc4)s3)cc2)cc1. The lowest BCUT2D eigenvalue weighted by molar-refractivity contribution is 0.475. The van der Waals surface area contributed by atoms with Crippen molar-refractivity contribution in [2.24, 2.45) is 4.99 Å². The zero-order valence-electron chi connectivity index (χ0n) is 14.6. The average Bonchev–Trinajstić information content (AvgIpc) is 3.18. The molecule has 1 aromatic heterocycles. The van der Waals surface area contributed by atoms with Crippen molar-refractivity contribution < 1.29 is 5.11 Å². The largest absolute Gasteiger partial charge is 0.508 e. The second-order valence-electron chi connectivity index (χ2n) is 5.94. The molecular formula is C21H15BrN4OS. The van der Waals surface area contributed by atoms with Gasteiger partial charge in [-0.25, -0.2) is 0 Å². The van der Waals surface area contributed by atoms with Crippen LogP contribution >= 0.6 is 27.3 Å². The summed E-state index contributed by atoms with van der Waals surface area (Å²) in [6.07, 6.45) is 1.76. The Labute approximate surface area is 174 Å². The molecule has 0 fully saturated rings. The Kier molecular flexibility index (Phi) is 5.45. The molecule has 0 saturated heterocycles. The number of hydrogen-bond acceptors (Lipinski definition) is 6. The number of nitrogens with zero attached hydrogens (tertiary/aromatic N) is 3. The maximum absolute atomic E-state index is 9.32. The smallest absolute Gasteiger partial charge is 0.210 e. The number of rotatable bonds is 5. The number of aromatic nitrogens is 2. The van der Waals surface area contributed by atoms with Gasteiger partial charge in [-0.2, -0.15) is 0 Å². The first-order chi connectivity index (χ1) is 13.7. The molecule has 0 bridgehead atoms. The Bertz CT molecular complexity index is 1090. The maximum Gasteiger partial charge on any atom is 0.210 e. The summed E-state index contributed by atoms with van der Waals surface area (Å²) in [5.41, 5.74) is 3.72. The van der Waals surface area contributed by atoms with Gasteiger partial charge in [0, 0.05) is 21.9 Å². The summed E-state index contributed by atoms with van der Waals surface area (Å²) in [4.78, 5) is 4.45. The predicted molar refractivity (Wildman–Crippen MR) is 118 cm³/mol. The third kappa shape index (κ3) is 4.62. The fourth-order valence-corrected chi connectivity index (χ4v) is 3.48. The van der Waals surface area contributed by atoms with Crippen LogP contribution in [0.15, 0.2) is 82.3 Å². The number of aromatic hydroxyl groups is 1. The Morgan fingerprint density at radius 2 is 1.61 bits per heavy atom. The van der Waals surface area contributed by atoms with Crippen LogP contribution in [0.2, 0.25) is 0 Å².